The number of nitrogens with zero attached hydrogens (tertiary/aromatic N) is 2. The standard InChI is InChI=1S/C16H13BrN4O3/c1-2-21-8-10(7-12-14(22)18-16(24)19-15(12)23)13(20-21)9-3-5-11(17)6-4-9/h3-8H,2H2,1H3,(H2,18,19,22,23,24). The lowest BCUT2D eigenvalue weighted by Crippen LogP contribution is -2.51. The number of amides is 4. The topological polar surface area (TPSA) is 93.1 Å². The van der Waals surface area contributed by atoms with Crippen LogP contribution in [-0.4, -0.2) is 27.6 Å². The minimum Gasteiger partial charge on any atom is -0.273 e. The van der Waals surface area contributed by atoms with Crippen LogP contribution in [0.5, 0.6) is 0 Å². The van der Waals surface area contributed by atoms with Crippen LogP contribution in [0.2, 0.25) is 0 Å². The number of aryl methyl sites for hydroxylation is 1. The van der Waals surface area contributed by atoms with Gasteiger partial charge in [-0.25, -0.2) is 4.79 Å². The Morgan fingerprint density at radius 1 is 1.12 bits per heavy atom. The first-order valence-electron chi connectivity index (χ1n) is 7.19. The molecular formula is C16H13BrN4O3. The fraction of sp³-hybridized carbons (Fsp3) is 0.125. The van der Waals surface area contributed by atoms with E-state index in [0.29, 0.717) is 17.8 Å². The van der Waals surface area contributed by atoms with Crippen LogP contribution in [0, 0.1) is 0 Å². The third-order valence-electron chi connectivity index (χ3n) is 3.47. The van der Waals surface area contributed by atoms with Gasteiger partial charge in [0, 0.05) is 28.3 Å². The lowest BCUT2D eigenvalue weighted by molar-refractivity contribution is -0.123. The molecule has 0 radical (unpaired) electrons. The Kier molecular flexibility index (Phi) is 4.30. The van der Waals surface area contributed by atoms with E-state index in [2.05, 4.69) is 31.7 Å². The molecule has 24 heavy (non-hydrogen) atoms. The summed E-state index contributed by atoms with van der Waals surface area (Å²) < 4.78 is 2.65. The molecule has 1 aromatic carbocycles. The summed E-state index contributed by atoms with van der Waals surface area (Å²) in [6.45, 7) is 2.58. The van der Waals surface area contributed by atoms with Crippen LogP contribution in [0.15, 0.2) is 40.5 Å². The van der Waals surface area contributed by atoms with Crippen LogP contribution < -0.4 is 10.6 Å². The molecule has 1 aliphatic rings. The molecule has 2 aromatic rings. The smallest absolute Gasteiger partial charge is 0.273 e. The van der Waals surface area contributed by atoms with E-state index < -0.39 is 17.8 Å². The zero-order valence-electron chi connectivity index (χ0n) is 12.7. The Morgan fingerprint density at radius 2 is 1.75 bits per heavy atom. The van der Waals surface area contributed by atoms with Crippen molar-refractivity contribution < 1.29 is 14.4 Å². The highest BCUT2D eigenvalue weighted by Gasteiger charge is 2.28. The van der Waals surface area contributed by atoms with Crippen LogP contribution in [0.4, 0.5) is 4.79 Å². The van der Waals surface area contributed by atoms with Crippen molar-refractivity contribution in [3.05, 3.63) is 46.1 Å². The molecule has 0 atom stereocenters. The highest BCUT2D eigenvalue weighted by Crippen LogP contribution is 2.26. The zero-order chi connectivity index (χ0) is 17.3. The Hall–Kier alpha value is -2.74. The summed E-state index contributed by atoms with van der Waals surface area (Å²) in [4.78, 5) is 34.9. The number of barbiturate groups is 1. The maximum absolute atomic E-state index is 11.9. The van der Waals surface area contributed by atoms with Crippen molar-refractivity contribution in [2.24, 2.45) is 0 Å². The van der Waals surface area contributed by atoms with Crippen molar-refractivity contribution in [3.63, 3.8) is 0 Å². The van der Waals surface area contributed by atoms with Gasteiger partial charge in [-0.3, -0.25) is 24.9 Å². The van der Waals surface area contributed by atoms with E-state index in [-0.39, 0.29) is 5.57 Å². The molecule has 2 heterocycles. The summed E-state index contributed by atoms with van der Waals surface area (Å²) in [5, 5.41) is 8.60. The van der Waals surface area contributed by atoms with Gasteiger partial charge in [-0.15, -0.1) is 0 Å². The third-order valence-corrected chi connectivity index (χ3v) is 4.00. The number of urea groups is 1. The first kappa shape index (κ1) is 16.1. The molecule has 1 saturated heterocycles. The van der Waals surface area contributed by atoms with Crippen LogP contribution in [0.25, 0.3) is 17.3 Å². The summed E-state index contributed by atoms with van der Waals surface area (Å²) in [6, 6.07) is 6.73. The number of carbonyl (C=O) groups excluding carboxylic acids is 3. The van der Waals surface area contributed by atoms with E-state index in [1.807, 2.05) is 31.2 Å². The Labute approximate surface area is 145 Å². The second-order valence-electron chi connectivity index (χ2n) is 5.09. The van der Waals surface area contributed by atoms with Gasteiger partial charge in [0.25, 0.3) is 11.8 Å². The van der Waals surface area contributed by atoms with Crippen molar-refractivity contribution in [1.29, 1.82) is 0 Å². The van der Waals surface area contributed by atoms with E-state index in [0.717, 1.165) is 10.0 Å². The fourth-order valence-electron chi connectivity index (χ4n) is 2.30. The Morgan fingerprint density at radius 3 is 2.33 bits per heavy atom. The van der Waals surface area contributed by atoms with Crippen molar-refractivity contribution in [2.45, 2.75) is 13.5 Å². The highest BCUT2D eigenvalue weighted by molar-refractivity contribution is 9.10. The number of carbonyl (C=O) groups is 3. The Bertz CT molecular complexity index is 846. The van der Waals surface area contributed by atoms with Gasteiger partial charge in [-0.2, -0.15) is 5.10 Å². The molecule has 8 heteroatoms. The average Bonchev–Trinajstić information content (AvgIpc) is 2.94. The van der Waals surface area contributed by atoms with Crippen molar-refractivity contribution in [2.75, 3.05) is 0 Å². The first-order valence-corrected chi connectivity index (χ1v) is 7.99. The van der Waals surface area contributed by atoms with Crippen molar-refractivity contribution in [3.8, 4) is 11.3 Å². The molecule has 3 rings (SSSR count). The second-order valence-corrected chi connectivity index (χ2v) is 6.01. The van der Waals surface area contributed by atoms with E-state index in [1.54, 1.807) is 10.9 Å². The molecule has 0 aliphatic carbocycles. The number of aromatic nitrogens is 2. The van der Waals surface area contributed by atoms with Crippen LogP contribution in [-0.2, 0) is 16.1 Å². The molecule has 1 aliphatic heterocycles. The maximum Gasteiger partial charge on any atom is 0.328 e. The number of halogens is 1. The summed E-state index contributed by atoms with van der Waals surface area (Å²) in [6.07, 6.45) is 3.19. The van der Waals surface area contributed by atoms with E-state index in [4.69, 9.17) is 0 Å². The lowest BCUT2D eigenvalue weighted by atomic mass is 10.0. The van der Waals surface area contributed by atoms with Gasteiger partial charge < -0.3 is 0 Å². The van der Waals surface area contributed by atoms with E-state index in [1.165, 1.54) is 6.08 Å². The predicted octanol–water partition coefficient (Wildman–Crippen LogP) is 2.08. The molecule has 0 saturated carbocycles. The molecule has 4 amide bonds. The lowest BCUT2D eigenvalue weighted by Gasteiger charge is -2.13. The molecule has 0 bridgehead atoms. The first-order chi connectivity index (χ1) is 11.5. The highest BCUT2D eigenvalue weighted by atomic mass is 79.9. The van der Waals surface area contributed by atoms with Crippen molar-refractivity contribution in [1.82, 2.24) is 20.4 Å². The molecule has 2 N–H and O–H groups in total. The number of benzene rings is 1. The van der Waals surface area contributed by atoms with Gasteiger partial charge in [-0.1, -0.05) is 28.1 Å². The van der Waals surface area contributed by atoms with E-state index in [9.17, 15) is 14.4 Å². The molecule has 0 spiro atoms. The molecule has 122 valence electrons. The Balaban J connectivity index is 2.07. The van der Waals surface area contributed by atoms with Gasteiger partial charge >= 0.3 is 6.03 Å². The summed E-state index contributed by atoms with van der Waals surface area (Å²) in [5.41, 5.74) is 1.98. The zero-order valence-corrected chi connectivity index (χ0v) is 14.3. The minimum absolute atomic E-state index is 0.136. The largest absolute Gasteiger partial charge is 0.328 e. The molecular weight excluding hydrogens is 376 g/mol. The number of imide groups is 2. The van der Waals surface area contributed by atoms with Gasteiger partial charge in [0.2, 0.25) is 0 Å². The summed E-state index contributed by atoms with van der Waals surface area (Å²) in [5.74, 6) is -1.45. The quantitative estimate of drug-likeness (QED) is 0.621. The maximum atomic E-state index is 11.9. The van der Waals surface area contributed by atoms with Crippen LogP contribution >= 0.6 is 15.9 Å². The van der Waals surface area contributed by atoms with Gasteiger partial charge in [0.05, 0.1) is 5.69 Å². The normalized spacial score (nSPS) is 14.4. The monoisotopic (exact) mass is 388 g/mol. The minimum atomic E-state index is -0.820. The third kappa shape index (κ3) is 3.13. The van der Waals surface area contributed by atoms with Gasteiger partial charge in [0.1, 0.15) is 5.57 Å². The molecule has 0 unspecified atom stereocenters. The number of hydrogen-bond acceptors (Lipinski definition) is 4. The molecule has 1 fully saturated rings. The number of hydrogen-bond donors (Lipinski definition) is 2. The second kappa shape index (κ2) is 6.40. The molecule has 1 aromatic heterocycles. The van der Waals surface area contributed by atoms with Crippen LogP contribution in [0.3, 0.4) is 0 Å². The van der Waals surface area contributed by atoms with Gasteiger partial charge in [0.15, 0.2) is 0 Å². The average molecular weight is 389 g/mol. The summed E-state index contributed by atoms with van der Waals surface area (Å²) in [7, 11) is 0. The number of rotatable bonds is 3. The SMILES string of the molecule is CCn1cc(C=C2C(=O)NC(=O)NC2=O)c(-c2ccc(Br)cc2)n1. The van der Waals surface area contributed by atoms with Gasteiger partial charge in [-0.05, 0) is 25.1 Å². The number of nitrogens with one attached hydrogen (secondary N) is 2. The van der Waals surface area contributed by atoms with Crippen LogP contribution in [0.1, 0.15) is 12.5 Å². The summed E-state index contributed by atoms with van der Waals surface area (Å²) >= 11 is 3.38. The molecule has 7 nitrogen and oxygen atoms in total. The fourth-order valence-corrected chi connectivity index (χ4v) is 2.56. The van der Waals surface area contributed by atoms with E-state index >= 15 is 0 Å². The predicted molar refractivity (Wildman–Crippen MR) is 90.7 cm³/mol. The van der Waals surface area contributed by atoms with Crippen molar-refractivity contribution >= 4 is 39.9 Å².